The Morgan fingerprint density at radius 2 is 1.86 bits per heavy atom. The molecule has 4 nitrogen and oxygen atoms in total. The summed E-state index contributed by atoms with van der Waals surface area (Å²) in [5, 5.41) is 0. The predicted molar refractivity (Wildman–Crippen MR) is 92.9 cm³/mol. The molecule has 1 aromatic rings. The third-order valence-electron chi connectivity index (χ3n) is 4.46. The van der Waals surface area contributed by atoms with Crippen molar-refractivity contribution in [2.75, 3.05) is 13.1 Å². The van der Waals surface area contributed by atoms with Gasteiger partial charge in [-0.25, -0.2) is 8.42 Å². The monoisotopic (exact) mass is 346 g/mol. The van der Waals surface area contributed by atoms with Crippen LogP contribution in [0.25, 0.3) is 0 Å². The molecule has 2 atom stereocenters. The molecule has 1 aromatic carbocycles. The highest BCUT2D eigenvalue weighted by molar-refractivity contribution is 7.89. The van der Waals surface area contributed by atoms with E-state index in [0.29, 0.717) is 29.8 Å². The minimum Gasteiger partial charge on any atom is -0.329 e. The Bertz CT molecular complexity index is 572. The molecule has 0 aliphatic carbocycles. The van der Waals surface area contributed by atoms with Gasteiger partial charge in [0.25, 0.3) is 0 Å². The summed E-state index contributed by atoms with van der Waals surface area (Å²) in [5.74, 6) is 0.710. The number of nitrogens with zero attached hydrogens (tertiary/aromatic N) is 1. The Morgan fingerprint density at radius 3 is 2.36 bits per heavy atom. The third kappa shape index (κ3) is 3.82. The number of hydrogen-bond donors (Lipinski definition) is 1. The molecule has 6 heteroatoms. The second-order valence-corrected chi connectivity index (χ2v) is 8.15. The van der Waals surface area contributed by atoms with Gasteiger partial charge in [0.15, 0.2) is 0 Å². The highest BCUT2D eigenvalue weighted by atomic mass is 35.5. The van der Waals surface area contributed by atoms with Gasteiger partial charge in [0.2, 0.25) is 10.0 Å². The molecule has 2 unspecified atom stereocenters. The minimum absolute atomic E-state index is 0. The molecule has 0 saturated carbocycles. The molecular formula is C16H27ClN2O2S. The minimum atomic E-state index is -3.45. The first-order chi connectivity index (χ1) is 9.87. The lowest BCUT2D eigenvalue weighted by atomic mass is 9.93. The Kier molecular flexibility index (Phi) is 6.86. The van der Waals surface area contributed by atoms with Crippen LogP contribution in [0, 0.1) is 5.92 Å². The van der Waals surface area contributed by atoms with E-state index in [9.17, 15) is 8.42 Å². The number of halogens is 1. The normalized spacial score (nSPS) is 23.3. The van der Waals surface area contributed by atoms with Crippen LogP contribution in [-0.4, -0.2) is 31.9 Å². The quantitative estimate of drug-likeness (QED) is 0.911. The Labute approximate surface area is 140 Å². The molecule has 0 spiro atoms. The Morgan fingerprint density at radius 1 is 1.27 bits per heavy atom. The van der Waals surface area contributed by atoms with Crippen molar-refractivity contribution in [3.8, 4) is 0 Å². The zero-order valence-electron chi connectivity index (χ0n) is 13.5. The van der Waals surface area contributed by atoms with E-state index in [0.717, 1.165) is 18.4 Å². The molecule has 0 bridgehead atoms. The standard InChI is InChI=1S/C16H26N2O2S.ClH/c1-12(2)14-6-8-15(9-7-14)21(19,20)18-10-4-5-13(3)16(18)11-17;/h6-9,12-13,16H,4-5,10-11,17H2,1-3H3;1H. The average molecular weight is 347 g/mol. The van der Waals surface area contributed by atoms with Crippen molar-refractivity contribution in [3.63, 3.8) is 0 Å². The second kappa shape index (κ2) is 7.77. The summed E-state index contributed by atoms with van der Waals surface area (Å²) in [6.45, 7) is 7.23. The van der Waals surface area contributed by atoms with Crippen LogP contribution < -0.4 is 5.73 Å². The van der Waals surface area contributed by atoms with Crippen molar-refractivity contribution in [1.29, 1.82) is 0 Å². The molecule has 2 N–H and O–H groups in total. The van der Waals surface area contributed by atoms with E-state index in [1.54, 1.807) is 16.4 Å². The average Bonchev–Trinajstić information content (AvgIpc) is 2.47. The van der Waals surface area contributed by atoms with Crippen molar-refractivity contribution in [2.45, 2.75) is 50.5 Å². The van der Waals surface area contributed by atoms with Gasteiger partial charge >= 0.3 is 0 Å². The topological polar surface area (TPSA) is 63.4 Å². The van der Waals surface area contributed by atoms with Crippen LogP contribution in [-0.2, 0) is 10.0 Å². The largest absolute Gasteiger partial charge is 0.329 e. The maximum atomic E-state index is 12.9. The van der Waals surface area contributed by atoms with Crippen LogP contribution in [0.2, 0.25) is 0 Å². The van der Waals surface area contributed by atoms with Crippen molar-refractivity contribution >= 4 is 22.4 Å². The fourth-order valence-corrected chi connectivity index (χ4v) is 4.79. The van der Waals surface area contributed by atoms with Crippen LogP contribution >= 0.6 is 12.4 Å². The molecule has 0 radical (unpaired) electrons. The molecule has 0 amide bonds. The number of sulfonamides is 1. The highest BCUT2D eigenvalue weighted by Gasteiger charge is 2.36. The van der Waals surface area contributed by atoms with Gasteiger partial charge in [-0.3, -0.25) is 0 Å². The second-order valence-electron chi connectivity index (χ2n) is 6.26. The van der Waals surface area contributed by atoms with E-state index >= 15 is 0 Å². The number of rotatable bonds is 4. The highest BCUT2D eigenvalue weighted by Crippen LogP contribution is 2.29. The summed E-state index contributed by atoms with van der Waals surface area (Å²) >= 11 is 0. The first kappa shape index (κ1) is 19.4. The molecule has 1 fully saturated rings. The van der Waals surface area contributed by atoms with E-state index < -0.39 is 10.0 Å². The third-order valence-corrected chi connectivity index (χ3v) is 6.40. The van der Waals surface area contributed by atoms with Crippen LogP contribution in [0.15, 0.2) is 29.2 Å². The van der Waals surface area contributed by atoms with Gasteiger partial charge in [0, 0.05) is 19.1 Å². The van der Waals surface area contributed by atoms with Crippen molar-refractivity contribution in [1.82, 2.24) is 4.31 Å². The van der Waals surface area contributed by atoms with E-state index in [-0.39, 0.29) is 18.4 Å². The number of hydrogen-bond acceptors (Lipinski definition) is 3. The van der Waals surface area contributed by atoms with E-state index in [1.165, 1.54) is 0 Å². The Balaban J connectivity index is 0.00000242. The lowest BCUT2D eigenvalue weighted by Gasteiger charge is -2.38. The number of benzene rings is 1. The van der Waals surface area contributed by atoms with E-state index in [1.807, 2.05) is 12.1 Å². The van der Waals surface area contributed by atoms with Gasteiger partial charge in [-0.15, -0.1) is 12.4 Å². The van der Waals surface area contributed by atoms with E-state index in [4.69, 9.17) is 5.73 Å². The fourth-order valence-electron chi connectivity index (χ4n) is 3.02. The summed E-state index contributed by atoms with van der Waals surface area (Å²) in [5.41, 5.74) is 6.97. The zero-order valence-corrected chi connectivity index (χ0v) is 15.2. The fraction of sp³-hybridized carbons (Fsp3) is 0.625. The zero-order chi connectivity index (χ0) is 15.6. The molecule has 1 saturated heterocycles. The lowest BCUT2D eigenvalue weighted by Crippen LogP contribution is -2.51. The van der Waals surface area contributed by atoms with Gasteiger partial charge < -0.3 is 5.73 Å². The lowest BCUT2D eigenvalue weighted by molar-refractivity contribution is 0.192. The van der Waals surface area contributed by atoms with Crippen molar-refractivity contribution < 1.29 is 8.42 Å². The predicted octanol–water partition coefficient (Wildman–Crippen LogP) is 2.98. The Hall–Kier alpha value is -0.620. The molecular weight excluding hydrogens is 320 g/mol. The maximum absolute atomic E-state index is 12.9. The molecule has 22 heavy (non-hydrogen) atoms. The van der Waals surface area contributed by atoms with E-state index in [2.05, 4.69) is 20.8 Å². The molecule has 1 aliphatic rings. The molecule has 1 aliphatic heterocycles. The summed E-state index contributed by atoms with van der Waals surface area (Å²) in [7, 11) is -3.45. The number of piperidine rings is 1. The van der Waals surface area contributed by atoms with Gasteiger partial charge in [-0.05, 0) is 42.4 Å². The van der Waals surface area contributed by atoms with Gasteiger partial charge in [0.1, 0.15) is 0 Å². The maximum Gasteiger partial charge on any atom is 0.243 e. The van der Waals surface area contributed by atoms with Gasteiger partial charge in [0.05, 0.1) is 4.90 Å². The summed E-state index contributed by atoms with van der Waals surface area (Å²) < 4.78 is 27.3. The summed E-state index contributed by atoms with van der Waals surface area (Å²) in [6.07, 6.45) is 1.95. The van der Waals surface area contributed by atoms with Crippen LogP contribution in [0.3, 0.4) is 0 Å². The van der Waals surface area contributed by atoms with Crippen LogP contribution in [0.1, 0.15) is 45.1 Å². The van der Waals surface area contributed by atoms with Gasteiger partial charge in [-0.1, -0.05) is 32.9 Å². The summed E-state index contributed by atoms with van der Waals surface area (Å²) in [6, 6.07) is 7.16. The molecule has 0 aromatic heterocycles. The number of nitrogens with two attached hydrogens (primary N) is 1. The van der Waals surface area contributed by atoms with Crippen LogP contribution in [0.4, 0.5) is 0 Å². The molecule has 2 rings (SSSR count). The van der Waals surface area contributed by atoms with Crippen LogP contribution in [0.5, 0.6) is 0 Å². The van der Waals surface area contributed by atoms with Crippen molar-refractivity contribution in [3.05, 3.63) is 29.8 Å². The first-order valence-electron chi connectivity index (χ1n) is 7.69. The first-order valence-corrected chi connectivity index (χ1v) is 9.13. The smallest absolute Gasteiger partial charge is 0.243 e. The molecule has 126 valence electrons. The molecule has 1 heterocycles. The van der Waals surface area contributed by atoms with Crippen molar-refractivity contribution in [2.24, 2.45) is 11.7 Å². The SMILES string of the molecule is CC(C)c1ccc(S(=O)(=O)N2CCCC(C)C2CN)cc1.Cl. The van der Waals surface area contributed by atoms with Gasteiger partial charge in [-0.2, -0.15) is 4.31 Å². The summed E-state index contributed by atoms with van der Waals surface area (Å²) in [4.78, 5) is 0.374.